The molecule has 0 aromatic carbocycles. The first kappa shape index (κ1) is 14.7. The van der Waals surface area contributed by atoms with E-state index in [1.165, 1.54) is 13.0 Å². The second-order valence-electron chi connectivity index (χ2n) is 5.36. The summed E-state index contributed by atoms with van der Waals surface area (Å²) in [6, 6.07) is 0.587. The Morgan fingerprint density at radius 1 is 1.37 bits per heavy atom. The van der Waals surface area contributed by atoms with Gasteiger partial charge in [0, 0.05) is 25.7 Å². The normalized spacial score (nSPS) is 22.4. The minimum atomic E-state index is 0.587. The quantitative estimate of drug-likeness (QED) is 0.894. The molecule has 1 unspecified atom stereocenters. The number of anilines is 1. The van der Waals surface area contributed by atoms with E-state index >= 15 is 0 Å². The van der Waals surface area contributed by atoms with E-state index in [9.17, 15) is 0 Å². The fraction of sp³-hybridized carbons (Fsp3) is 0.846. The summed E-state index contributed by atoms with van der Waals surface area (Å²) in [5, 5.41) is 13.9. The Kier molecular flexibility index (Phi) is 5.54. The van der Waals surface area contributed by atoms with Gasteiger partial charge in [-0.3, -0.25) is 4.90 Å². The van der Waals surface area contributed by atoms with Crippen molar-refractivity contribution >= 4 is 16.5 Å². The van der Waals surface area contributed by atoms with E-state index in [1.54, 1.807) is 11.3 Å². The first-order valence-electron chi connectivity index (χ1n) is 7.18. The highest BCUT2D eigenvalue weighted by molar-refractivity contribution is 7.15. The summed E-state index contributed by atoms with van der Waals surface area (Å²) in [6.07, 6.45) is 2.35. The highest BCUT2D eigenvalue weighted by atomic mass is 32.1. The van der Waals surface area contributed by atoms with Crippen LogP contribution in [-0.2, 0) is 6.54 Å². The topological polar surface area (TPSA) is 44.3 Å². The second kappa shape index (κ2) is 7.17. The molecule has 5 nitrogen and oxygen atoms in total. The predicted octanol–water partition coefficient (Wildman–Crippen LogP) is 1.89. The molecule has 19 heavy (non-hydrogen) atoms. The van der Waals surface area contributed by atoms with Crippen molar-refractivity contribution < 1.29 is 0 Å². The molecule has 2 heterocycles. The van der Waals surface area contributed by atoms with Gasteiger partial charge in [-0.15, -0.1) is 10.2 Å². The van der Waals surface area contributed by atoms with Crippen molar-refractivity contribution in [1.29, 1.82) is 0 Å². The second-order valence-corrected chi connectivity index (χ2v) is 6.43. The van der Waals surface area contributed by atoms with E-state index in [4.69, 9.17) is 0 Å². The van der Waals surface area contributed by atoms with Gasteiger partial charge in [-0.2, -0.15) is 0 Å². The zero-order valence-electron chi connectivity index (χ0n) is 12.2. The Balaban J connectivity index is 1.90. The maximum absolute atomic E-state index is 4.30. The molecule has 1 saturated heterocycles. The fourth-order valence-electron chi connectivity index (χ4n) is 2.45. The van der Waals surface area contributed by atoms with Crippen LogP contribution >= 0.6 is 11.3 Å². The van der Waals surface area contributed by atoms with Crippen LogP contribution in [0.4, 0.5) is 5.13 Å². The summed E-state index contributed by atoms with van der Waals surface area (Å²) in [4.78, 5) is 4.94. The molecular weight excluding hydrogens is 258 g/mol. The van der Waals surface area contributed by atoms with E-state index < -0.39 is 0 Å². The molecule has 1 aliphatic rings. The minimum absolute atomic E-state index is 0.587. The summed E-state index contributed by atoms with van der Waals surface area (Å²) in [6.45, 7) is 9.85. The van der Waals surface area contributed by atoms with E-state index in [0.717, 1.165) is 42.7 Å². The van der Waals surface area contributed by atoms with Crippen molar-refractivity contribution in [3.05, 3.63) is 5.01 Å². The molecule has 1 atom stereocenters. The van der Waals surface area contributed by atoms with Gasteiger partial charge in [0.2, 0.25) is 5.13 Å². The van der Waals surface area contributed by atoms with Gasteiger partial charge in [0.15, 0.2) is 0 Å². The van der Waals surface area contributed by atoms with Crippen molar-refractivity contribution in [2.24, 2.45) is 0 Å². The molecule has 0 aliphatic carbocycles. The molecule has 1 N–H and O–H groups in total. The van der Waals surface area contributed by atoms with Crippen LogP contribution in [-0.4, -0.2) is 59.3 Å². The third-order valence-electron chi connectivity index (χ3n) is 3.52. The van der Waals surface area contributed by atoms with Crippen molar-refractivity contribution in [3.8, 4) is 0 Å². The highest BCUT2D eigenvalue weighted by Crippen LogP contribution is 2.19. The Labute approximate surface area is 120 Å². The number of rotatable bonds is 5. The summed E-state index contributed by atoms with van der Waals surface area (Å²) < 4.78 is 0. The van der Waals surface area contributed by atoms with Crippen LogP contribution in [0.15, 0.2) is 0 Å². The molecule has 0 amide bonds. The highest BCUT2D eigenvalue weighted by Gasteiger charge is 2.20. The van der Waals surface area contributed by atoms with Crippen LogP contribution in [0.25, 0.3) is 0 Å². The van der Waals surface area contributed by atoms with Crippen LogP contribution < -0.4 is 5.32 Å². The third-order valence-corrected chi connectivity index (χ3v) is 4.38. The van der Waals surface area contributed by atoms with Crippen LogP contribution in [0.3, 0.4) is 0 Å². The molecule has 0 radical (unpaired) electrons. The number of aromatic nitrogens is 2. The predicted molar refractivity (Wildman–Crippen MR) is 80.7 cm³/mol. The maximum atomic E-state index is 4.30. The standard InChI is InChI=1S/C13H25N5S/c1-4-6-14-13-16-15-12(19-13)10-18-8-5-7-17(3)9-11(18)2/h11H,4-10H2,1-3H3,(H,14,16). The van der Waals surface area contributed by atoms with Crippen molar-refractivity contribution in [1.82, 2.24) is 20.0 Å². The molecule has 1 aromatic heterocycles. The lowest BCUT2D eigenvalue weighted by atomic mass is 10.3. The third kappa shape index (κ3) is 4.40. The van der Waals surface area contributed by atoms with Gasteiger partial charge in [0.1, 0.15) is 5.01 Å². The van der Waals surface area contributed by atoms with Crippen LogP contribution in [0, 0.1) is 0 Å². The first-order valence-corrected chi connectivity index (χ1v) is 7.99. The zero-order chi connectivity index (χ0) is 13.7. The summed E-state index contributed by atoms with van der Waals surface area (Å²) >= 11 is 1.69. The lowest BCUT2D eigenvalue weighted by Crippen LogP contribution is -2.37. The summed E-state index contributed by atoms with van der Waals surface area (Å²) in [5.74, 6) is 0. The molecule has 1 aliphatic heterocycles. The lowest BCUT2D eigenvalue weighted by molar-refractivity contribution is 0.194. The molecule has 1 fully saturated rings. The van der Waals surface area contributed by atoms with Gasteiger partial charge in [-0.25, -0.2) is 0 Å². The molecule has 6 heteroatoms. The van der Waals surface area contributed by atoms with Crippen molar-refractivity contribution in [2.75, 3.05) is 38.5 Å². The summed E-state index contributed by atoms with van der Waals surface area (Å²) in [7, 11) is 2.21. The number of hydrogen-bond acceptors (Lipinski definition) is 6. The Morgan fingerprint density at radius 2 is 2.21 bits per heavy atom. The van der Waals surface area contributed by atoms with Gasteiger partial charge in [-0.1, -0.05) is 18.3 Å². The van der Waals surface area contributed by atoms with Crippen molar-refractivity contribution in [2.45, 2.75) is 39.3 Å². The fourth-order valence-corrected chi connectivity index (χ4v) is 3.24. The molecule has 0 bridgehead atoms. The van der Waals surface area contributed by atoms with Gasteiger partial charge < -0.3 is 10.2 Å². The molecule has 2 rings (SSSR count). The first-order chi connectivity index (χ1) is 9.19. The van der Waals surface area contributed by atoms with Crippen LogP contribution in [0.5, 0.6) is 0 Å². The Hall–Kier alpha value is -0.720. The van der Waals surface area contributed by atoms with Crippen molar-refractivity contribution in [3.63, 3.8) is 0 Å². The van der Waals surface area contributed by atoms with E-state index in [1.807, 2.05) is 0 Å². The van der Waals surface area contributed by atoms with Gasteiger partial charge >= 0.3 is 0 Å². The largest absolute Gasteiger partial charge is 0.360 e. The zero-order valence-corrected chi connectivity index (χ0v) is 13.0. The molecule has 0 spiro atoms. The average Bonchev–Trinajstić information content (AvgIpc) is 2.76. The summed E-state index contributed by atoms with van der Waals surface area (Å²) in [5.41, 5.74) is 0. The molecule has 0 saturated carbocycles. The smallest absolute Gasteiger partial charge is 0.205 e. The minimum Gasteiger partial charge on any atom is -0.360 e. The lowest BCUT2D eigenvalue weighted by Gasteiger charge is -2.26. The Bertz CT molecular complexity index is 381. The Morgan fingerprint density at radius 3 is 3.00 bits per heavy atom. The van der Waals surface area contributed by atoms with Gasteiger partial charge in [-0.05, 0) is 33.4 Å². The van der Waals surface area contributed by atoms with Crippen LogP contribution in [0.1, 0.15) is 31.7 Å². The maximum Gasteiger partial charge on any atom is 0.205 e. The van der Waals surface area contributed by atoms with Gasteiger partial charge in [0.05, 0.1) is 6.54 Å². The number of hydrogen-bond donors (Lipinski definition) is 1. The van der Waals surface area contributed by atoms with Crippen LogP contribution in [0.2, 0.25) is 0 Å². The molecule has 108 valence electrons. The monoisotopic (exact) mass is 283 g/mol. The average molecular weight is 283 g/mol. The van der Waals surface area contributed by atoms with E-state index in [2.05, 4.69) is 46.2 Å². The molecular formula is C13H25N5S. The SMILES string of the molecule is CCCNc1nnc(CN2CCCN(C)CC2C)s1. The van der Waals surface area contributed by atoms with E-state index in [0.29, 0.717) is 6.04 Å². The number of nitrogens with one attached hydrogen (secondary N) is 1. The number of likely N-dealkylation sites (N-methyl/N-ethyl adjacent to an activating group) is 1. The van der Waals surface area contributed by atoms with E-state index in [-0.39, 0.29) is 0 Å². The van der Waals surface area contributed by atoms with Gasteiger partial charge in [0.25, 0.3) is 0 Å². The molecule has 1 aromatic rings. The number of nitrogens with zero attached hydrogens (tertiary/aromatic N) is 4.